The van der Waals surface area contributed by atoms with Crippen molar-refractivity contribution in [2.75, 3.05) is 0 Å². The summed E-state index contributed by atoms with van der Waals surface area (Å²) in [6.07, 6.45) is 3.73. The zero-order valence-corrected chi connectivity index (χ0v) is 29.6. The minimum atomic E-state index is 0. The molecule has 0 bridgehead atoms. The van der Waals surface area contributed by atoms with E-state index in [0.717, 1.165) is 76.7 Å². The Morgan fingerprint density at radius 1 is 0.538 bits per heavy atom. The van der Waals surface area contributed by atoms with Crippen molar-refractivity contribution in [2.45, 2.75) is 13.8 Å². The molecule has 0 spiro atoms. The predicted octanol–water partition coefficient (Wildman–Crippen LogP) is 11.0. The fourth-order valence-electron chi connectivity index (χ4n) is 8.03. The summed E-state index contributed by atoms with van der Waals surface area (Å²) < 4.78 is 11.0. The molecule has 0 saturated heterocycles. The number of aromatic nitrogens is 5. The van der Waals surface area contributed by atoms with E-state index < -0.39 is 0 Å². The van der Waals surface area contributed by atoms with Gasteiger partial charge in [0, 0.05) is 29.4 Å². The second-order valence-electron chi connectivity index (χ2n) is 13.2. The van der Waals surface area contributed by atoms with Gasteiger partial charge in [0.25, 0.3) is 0 Å². The Kier molecular flexibility index (Phi) is 6.75. The molecule has 52 heavy (non-hydrogen) atoms. The molecule has 7 heteroatoms. The normalized spacial score (nSPS) is 11.9. The van der Waals surface area contributed by atoms with Crippen LogP contribution in [0.1, 0.15) is 11.1 Å². The largest absolute Gasteiger partial charge is 2.00 e. The van der Waals surface area contributed by atoms with Crippen LogP contribution in [-0.2, 0) is 20.4 Å². The number of benzene rings is 6. The first-order chi connectivity index (χ1) is 25.1. The number of imidazole rings is 2. The number of ether oxygens (including phenoxy) is 1. The van der Waals surface area contributed by atoms with Gasteiger partial charge in [0.1, 0.15) is 0 Å². The predicted molar refractivity (Wildman–Crippen MR) is 206 cm³/mol. The van der Waals surface area contributed by atoms with E-state index >= 15 is 0 Å². The van der Waals surface area contributed by atoms with Crippen molar-refractivity contribution >= 4 is 76.7 Å². The van der Waals surface area contributed by atoms with Gasteiger partial charge in [0.15, 0.2) is 0 Å². The van der Waals surface area contributed by atoms with Crippen molar-refractivity contribution in [3.05, 3.63) is 151 Å². The van der Waals surface area contributed by atoms with Crippen molar-refractivity contribution in [2.24, 2.45) is 0 Å². The number of aryl methyl sites for hydroxylation is 2. The Bertz CT molecular complexity index is 3250. The van der Waals surface area contributed by atoms with Gasteiger partial charge in [0.05, 0.1) is 38.9 Å². The number of hydrogen-bond acceptors (Lipinski definition) is 4. The van der Waals surface area contributed by atoms with E-state index in [9.17, 15) is 0 Å². The molecule has 248 valence electrons. The molecule has 0 atom stereocenters. The number of hydrogen-bond donors (Lipinski definition) is 0. The molecule has 0 aliphatic heterocycles. The number of nitrogens with zero attached hydrogens (tertiary/aromatic N) is 5. The standard InChI is InChI=1S/C45H27N5O.Pd/c1-26-8-7-9-27(2)43(26)28-14-19-39-34(22-28)32-18-16-30(24-36(32)44-47-37-10-3-5-12-40(37)49(39)44)51-29-15-17-31-33-20-21-46-25-42(33)50-41-13-6-4-11-38(41)48-45(50)35(31)23-29;/h3-22,25H,1-2H3;/q-2;+2. The first kappa shape index (κ1) is 30.7. The SMILES string of the molecule is Cc1cccc(C)c1-c1ccc2c(c1)c1ccc(Oc3[c-]c4c(cc3)c3ccncc3n3c5ccccc5nc43)[c-]c1c1nc3ccccc3n21.[Pd+2]. The van der Waals surface area contributed by atoms with E-state index in [2.05, 4.69) is 113 Å². The van der Waals surface area contributed by atoms with Gasteiger partial charge in [-0.15, -0.1) is 12.1 Å². The van der Waals surface area contributed by atoms with Gasteiger partial charge in [0.2, 0.25) is 0 Å². The van der Waals surface area contributed by atoms with Crippen molar-refractivity contribution < 1.29 is 25.2 Å². The third-order valence-corrected chi connectivity index (χ3v) is 10.3. The first-order valence-corrected chi connectivity index (χ1v) is 17.0. The smallest absolute Gasteiger partial charge is 0.497 e. The van der Waals surface area contributed by atoms with Gasteiger partial charge in [-0.05, 0) is 83.3 Å². The molecule has 6 nitrogen and oxygen atoms in total. The van der Waals surface area contributed by atoms with Gasteiger partial charge in [-0.2, -0.15) is 0 Å². The molecule has 0 N–H and O–H groups in total. The molecule has 5 heterocycles. The van der Waals surface area contributed by atoms with Gasteiger partial charge in [-0.3, -0.25) is 15.0 Å². The van der Waals surface area contributed by atoms with Gasteiger partial charge in [-0.25, -0.2) is 0 Å². The Morgan fingerprint density at radius 3 is 1.79 bits per heavy atom. The van der Waals surface area contributed by atoms with Crippen molar-refractivity contribution in [1.29, 1.82) is 0 Å². The summed E-state index contributed by atoms with van der Waals surface area (Å²) in [5.74, 6) is 1.18. The second-order valence-corrected chi connectivity index (χ2v) is 13.2. The van der Waals surface area contributed by atoms with Crippen LogP contribution in [0.15, 0.2) is 128 Å². The summed E-state index contributed by atoms with van der Waals surface area (Å²) in [4.78, 5) is 14.6. The topological polar surface area (TPSA) is 56.7 Å². The monoisotopic (exact) mass is 759 g/mol. The fourth-order valence-corrected chi connectivity index (χ4v) is 8.03. The van der Waals surface area contributed by atoms with E-state index in [4.69, 9.17) is 14.7 Å². The molecular formula is C45H27N5OPd. The number of fused-ring (bicyclic) bond motifs is 16. The van der Waals surface area contributed by atoms with Crippen molar-refractivity contribution in [3.63, 3.8) is 0 Å². The summed E-state index contributed by atoms with van der Waals surface area (Å²) in [6.45, 7) is 4.36. The summed E-state index contributed by atoms with van der Waals surface area (Å²) in [6, 6.07) is 47.2. The minimum Gasteiger partial charge on any atom is -0.497 e. The number of rotatable bonds is 3. The molecule has 0 aliphatic carbocycles. The maximum Gasteiger partial charge on any atom is 2.00 e. The summed E-state index contributed by atoms with van der Waals surface area (Å²) >= 11 is 0. The van der Waals surface area contributed by atoms with Crippen molar-refractivity contribution in [3.8, 4) is 22.6 Å². The molecule has 11 rings (SSSR count). The maximum absolute atomic E-state index is 6.59. The molecule has 6 aromatic carbocycles. The van der Waals surface area contributed by atoms with E-state index in [-0.39, 0.29) is 20.4 Å². The fraction of sp³-hybridized carbons (Fsp3) is 0.0444. The van der Waals surface area contributed by atoms with Crippen LogP contribution >= 0.6 is 0 Å². The Balaban J connectivity index is 0.00000338. The summed E-state index contributed by atoms with van der Waals surface area (Å²) in [5, 5.41) is 6.11. The van der Waals surface area contributed by atoms with Crippen LogP contribution < -0.4 is 4.74 Å². The zero-order valence-electron chi connectivity index (χ0n) is 28.1. The third kappa shape index (κ3) is 4.37. The second kappa shape index (κ2) is 11.4. The molecule has 5 aromatic heterocycles. The average Bonchev–Trinajstić information content (AvgIpc) is 3.75. The molecular weight excluding hydrogens is 733 g/mol. The van der Waals surface area contributed by atoms with Gasteiger partial charge < -0.3 is 13.5 Å². The van der Waals surface area contributed by atoms with Crippen LogP contribution in [-0.4, -0.2) is 23.8 Å². The number of para-hydroxylation sites is 4. The molecule has 0 radical (unpaired) electrons. The van der Waals surface area contributed by atoms with E-state index in [1.54, 1.807) is 0 Å². The van der Waals surface area contributed by atoms with Crippen LogP contribution in [0.2, 0.25) is 0 Å². The van der Waals surface area contributed by atoms with Crippen LogP contribution in [0.25, 0.3) is 87.8 Å². The quantitative estimate of drug-likeness (QED) is 0.102. The average molecular weight is 760 g/mol. The zero-order chi connectivity index (χ0) is 33.8. The van der Waals surface area contributed by atoms with E-state index in [0.29, 0.717) is 11.5 Å². The third-order valence-electron chi connectivity index (χ3n) is 10.3. The van der Waals surface area contributed by atoms with E-state index in [1.165, 1.54) is 22.3 Å². The molecule has 0 aliphatic rings. The Morgan fingerprint density at radius 2 is 1.13 bits per heavy atom. The van der Waals surface area contributed by atoms with E-state index in [1.807, 2.05) is 54.9 Å². The Hall–Kier alpha value is -6.13. The molecule has 0 amide bonds. The molecule has 0 unspecified atom stereocenters. The maximum atomic E-state index is 6.59. The molecule has 11 aromatic rings. The van der Waals surface area contributed by atoms with Crippen LogP contribution in [0.5, 0.6) is 11.5 Å². The Labute approximate surface area is 311 Å². The van der Waals surface area contributed by atoms with Crippen molar-refractivity contribution in [1.82, 2.24) is 23.8 Å². The van der Waals surface area contributed by atoms with Gasteiger partial charge >= 0.3 is 20.4 Å². The summed E-state index contributed by atoms with van der Waals surface area (Å²) in [5.41, 5.74) is 12.7. The minimum absolute atomic E-state index is 0. The summed E-state index contributed by atoms with van der Waals surface area (Å²) in [7, 11) is 0. The number of pyridine rings is 3. The van der Waals surface area contributed by atoms with Crippen LogP contribution in [0.3, 0.4) is 0 Å². The van der Waals surface area contributed by atoms with Crippen LogP contribution in [0, 0.1) is 26.0 Å². The molecule has 0 saturated carbocycles. The van der Waals surface area contributed by atoms with Crippen LogP contribution in [0.4, 0.5) is 0 Å². The van der Waals surface area contributed by atoms with Gasteiger partial charge in [-0.1, -0.05) is 100 Å². The molecule has 0 fully saturated rings. The first-order valence-electron chi connectivity index (χ1n) is 17.0.